The van der Waals surface area contributed by atoms with Gasteiger partial charge in [-0.1, -0.05) is 13.0 Å². The summed E-state index contributed by atoms with van der Waals surface area (Å²) in [5, 5.41) is 3.52. The van der Waals surface area contributed by atoms with Crippen molar-refractivity contribution in [2.24, 2.45) is 4.99 Å². The minimum atomic E-state index is -0.525. The van der Waals surface area contributed by atoms with Crippen LogP contribution in [-0.2, 0) is 0 Å². The quantitative estimate of drug-likeness (QED) is 0.327. The molecule has 182 valence electrons. The van der Waals surface area contributed by atoms with Crippen molar-refractivity contribution in [2.75, 3.05) is 79.5 Å². The summed E-state index contributed by atoms with van der Waals surface area (Å²) in [6, 6.07) is 3.90. The van der Waals surface area contributed by atoms with E-state index < -0.39 is 11.6 Å². The molecular weight excluding hydrogens is 525 g/mol. The second-order valence-corrected chi connectivity index (χ2v) is 8.59. The normalized spacial score (nSPS) is 20.5. The van der Waals surface area contributed by atoms with E-state index >= 15 is 0 Å². The number of halogens is 3. The Morgan fingerprint density at radius 2 is 1.81 bits per heavy atom. The van der Waals surface area contributed by atoms with Crippen LogP contribution in [0.15, 0.2) is 23.2 Å². The minimum Gasteiger partial charge on any atom is -0.355 e. The molecule has 2 saturated heterocycles. The monoisotopic (exact) mass is 564 g/mol. The van der Waals surface area contributed by atoms with E-state index in [-0.39, 0.29) is 30.0 Å². The molecule has 2 heterocycles. The molecule has 3 rings (SSSR count). The topological polar surface area (TPSA) is 37.4 Å². The lowest BCUT2D eigenvalue weighted by atomic mass is 10.0. The van der Waals surface area contributed by atoms with Gasteiger partial charge >= 0.3 is 0 Å². The Morgan fingerprint density at radius 3 is 2.47 bits per heavy atom. The van der Waals surface area contributed by atoms with Crippen LogP contribution in [0.3, 0.4) is 0 Å². The molecule has 1 aromatic carbocycles. The highest BCUT2D eigenvalue weighted by molar-refractivity contribution is 14.0. The fourth-order valence-electron chi connectivity index (χ4n) is 4.67. The summed E-state index contributed by atoms with van der Waals surface area (Å²) < 4.78 is 27.6. The molecule has 2 aliphatic rings. The number of hydrogen-bond acceptors (Lipinski definition) is 4. The molecule has 1 atom stereocenters. The molecular formula is C23H39F2IN6. The van der Waals surface area contributed by atoms with Crippen LogP contribution >= 0.6 is 24.0 Å². The van der Waals surface area contributed by atoms with E-state index in [0.717, 1.165) is 77.3 Å². The summed E-state index contributed by atoms with van der Waals surface area (Å²) in [6.45, 7) is 11.9. The first-order valence-corrected chi connectivity index (χ1v) is 11.6. The smallest absolute Gasteiger partial charge is 0.193 e. The molecule has 0 aliphatic carbocycles. The standard InChI is InChI=1S/C23H38F2N6.HI/c1-4-22(20-7-6-19(24)18-21(20)25)30-14-16-31(17-15-30)23(26-2)27-8-11-29-10-5-9-28(3)12-13-29;/h6-7,18,22H,4-5,8-17H2,1-3H3,(H,26,27);1H. The predicted octanol–water partition coefficient (Wildman–Crippen LogP) is 2.86. The first-order chi connectivity index (χ1) is 15.0. The number of guanidine groups is 1. The molecule has 0 aromatic heterocycles. The van der Waals surface area contributed by atoms with Gasteiger partial charge in [0.15, 0.2) is 5.96 Å². The van der Waals surface area contributed by atoms with Crippen molar-refractivity contribution < 1.29 is 8.78 Å². The maximum Gasteiger partial charge on any atom is 0.193 e. The summed E-state index contributed by atoms with van der Waals surface area (Å²) in [4.78, 5) is 14.0. The molecule has 9 heteroatoms. The van der Waals surface area contributed by atoms with E-state index in [4.69, 9.17) is 0 Å². The Kier molecular flexibility index (Phi) is 11.6. The van der Waals surface area contributed by atoms with Crippen molar-refractivity contribution in [2.45, 2.75) is 25.8 Å². The zero-order valence-electron chi connectivity index (χ0n) is 19.7. The fourth-order valence-corrected chi connectivity index (χ4v) is 4.67. The Labute approximate surface area is 209 Å². The van der Waals surface area contributed by atoms with Crippen LogP contribution < -0.4 is 5.32 Å². The molecule has 0 spiro atoms. The molecule has 2 fully saturated rings. The van der Waals surface area contributed by atoms with Gasteiger partial charge in [0.2, 0.25) is 0 Å². The summed E-state index contributed by atoms with van der Waals surface area (Å²) in [6.07, 6.45) is 2.01. The third kappa shape index (κ3) is 7.50. The predicted molar refractivity (Wildman–Crippen MR) is 138 cm³/mol. The van der Waals surface area contributed by atoms with Crippen molar-refractivity contribution in [3.8, 4) is 0 Å². The Morgan fingerprint density at radius 1 is 1.06 bits per heavy atom. The lowest BCUT2D eigenvalue weighted by molar-refractivity contribution is 0.124. The van der Waals surface area contributed by atoms with Crippen LogP contribution in [0, 0.1) is 11.6 Å². The number of rotatable bonds is 6. The Bertz CT molecular complexity index is 726. The summed E-state index contributed by atoms with van der Waals surface area (Å²) in [5.41, 5.74) is 0.586. The van der Waals surface area contributed by atoms with E-state index in [2.05, 4.69) is 43.9 Å². The van der Waals surface area contributed by atoms with E-state index in [0.29, 0.717) is 5.56 Å². The zero-order valence-corrected chi connectivity index (χ0v) is 22.0. The van der Waals surface area contributed by atoms with Crippen LogP contribution in [0.1, 0.15) is 31.4 Å². The highest BCUT2D eigenvalue weighted by Crippen LogP contribution is 2.28. The van der Waals surface area contributed by atoms with Crippen LogP contribution in [0.4, 0.5) is 8.78 Å². The van der Waals surface area contributed by atoms with Crippen molar-refractivity contribution >= 4 is 29.9 Å². The summed E-state index contributed by atoms with van der Waals surface area (Å²) in [5.74, 6) is -0.0398. The van der Waals surface area contributed by atoms with Crippen molar-refractivity contribution in [1.29, 1.82) is 0 Å². The minimum absolute atomic E-state index is 0. The Balaban J connectivity index is 0.00000363. The largest absolute Gasteiger partial charge is 0.355 e. The molecule has 0 bridgehead atoms. The zero-order chi connectivity index (χ0) is 22.2. The van der Waals surface area contributed by atoms with Crippen LogP contribution in [0.5, 0.6) is 0 Å². The molecule has 0 saturated carbocycles. The number of nitrogens with zero attached hydrogens (tertiary/aromatic N) is 5. The highest BCUT2D eigenvalue weighted by atomic mass is 127. The first-order valence-electron chi connectivity index (χ1n) is 11.6. The molecule has 0 radical (unpaired) electrons. The number of likely N-dealkylation sites (N-methyl/N-ethyl adjacent to an activating group) is 1. The summed E-state index contributed by atoms with van der Waals surface area (Å²) in [7, 11) is 4.02. The number of piperazine rings is 1. The molecule has 6 nitrogen and oxygen atoms in total. The molecule has 0 amide bonds. The third-order valence-corrected chi connectivity index (χ3v) is 6.50. The second kappa shape index (κ2) is 13.6. The van der Waals surface area contributed by atoms with Gasteiger partial charge in [-0.25, -0.2) is 8.78 Å². The van der Waals surface area contributed by atoms with Gasteiger partial charge in [-0.3, -0.25) is 9.89 Å². The van der Waals surface area contributed by atoms with Gasteiger partial charge in [0, 0.05) is 77.1 Å². The van der Waals surface area contributed by atoms with Gasteiger partial charge in [-0.05, 0) is 39.0 Å². The maximum absolute atomic E-state index is 14.3. The van der Waals surface area contributed by atoms with Gasteiger partial charge in [0.25, 0.3) is 0 Å². The molecule has 32 heavy (non-hydrogen) atoms. The highest BCUT2D eigenvalue weighted by Gasteiger charge is 2.27. The van der Waals surface area contributed by atoms with E-state index in [1.807, 2.05) is 7.05 Å². The van der Waals surface area contributed by atoms with Crippen molar-refractivity contribution in [3.05, 3.63) is 35.4 Å². The molecule has 1 aromatic rings. The van der Waals surface area contributed by atoms with E-state index in [9.17, 15) is 8.78 Å². The molecule has 2 aliphatic heterocycles. The first kappa shape index (κ1) is 27.2. The SMILES string of the molecule is CCC(c1ccc(F)cc1F)N1CCN(C(=NC)NCCN2CCCN(C)CC2)CC1.I. The van der Waals surface area contributed by atoms with Crippen LogP contribution in [0.25, 0.3) is 0 Å². The average molecular weight is 565 g/mol. The van der Waals surface area contributed by atoms with Gasteiger partial charge in [-0.2, -0.15) is 0 Å². The fraction of sp³-hybridized carbons (Fsp3) is 0.696. The number of benzene rings is 1. The van der Waals surface area contributed by atoms with Crippen LogP contribution in [0.2, 0.25) is 0 Å². The lowest BCUT2D eigenvalue weighted by Gasteiger charge is -2.40. The van der Waals surface area contributed by atoms with Crippen molar-refractivity contribution in [1.82, 2.24) is 24.9 Å². The third-order valence-electron chi connectivity index (χ3n) is 6.50. The summed E-state index contributed by atoms with van der Waals surface area (Å²) >= 11 is 0. The number of aliphatic imine (C=N–C) groups is 1. The molecule has 1 N–H and O–H groups in total. The van der Waals surface area contributed by atoms with Gasteiger partial charge < -0.3 is 20.0 Å². The molecule has 1 unspecified atom stereocenters. The van der Waals surface area contributed by atoms with E-state index in [1.165, 1.54) is 19.0 Å². The lowest BCUT2D eigenvalue weighted by Crippen LogP contribution is -2.53. The average Bonchev–Trinajstić information content (AvgIpc) is 2.98. The second-order valence-electron chi connectivity index (χ2n) is 8.59. The number of nitrogens with one attached hydrogen (secondary N) is 1. The maximum atomic E-state index is 14.3. The Hall–Kier alpha value is -1.04. The van der Waals surface area contributed by atoms with Gasteiger partial charge in [0.05, 0.1) is 0 Å². The van der Waals surface area contributed by atoms with Gasteiger partial charge in [-0.15, -0.1) is 24.0 Å². The number of hydrogen-bond donors (Lipinski definition) is 1. The van der Waals surface area contributed by atoms with Crippen LogP contribution in [-0.4, -0.2) is 105 Å². The van der Waals surface area contributed by atoms with E-state index in [1.54, 1.807) is 6.07 Å². The van der Waals surface area contributed by atoms with Crippen molar-refractivity contribution in [3.63, 3.8) is 0 Å². The van der Waals surface area contributed by atoms with Gasteiger partial charge in [0.1, 0.15) is 11.6 Å².